The molecule has 5 rings (SSSR count). The number of hydrogen-bond donors (Lipinski definition) is 1. The van der Waals surface area contributed by atoms with Crippen molar-refractivity contribution < 1.29 is 9.18 Å². The first-order valence-electron chi connectivity index (χ1n) is 9.02. The van der Waals surface area contributed by atoms with Crippen LogP contribution in [0, 0.1) is 11.7 Å². The number of nitrogens with one attached hydrogen (secondary N) is 1. The van der Waals surface area contributed by atoms with E-state index in [0.29, 0.717) is 17.4 Å². The highest BCUT2D eigenvalue weighted by Crippen LogP contribution is 2.45. The quantitative estimate of drug-likeness (QED) is 0.702. The van der Waals surface area contributed by atoms with E-state index in [9.17, 15) is 9.18 Å². The smallest absolute Gasteiger partial charge is 0.226 e. The number of ketones is 1. The molecule has 3 aromatic rings. The van der Waals surface area contributed by atoms with E-state index in [2.05, 4.69) is 15.4 Å². The van der Waals surface area contributed by atoms with Gasteiger partial charge in [-0.3, -0.25) is 4.79 Å². The molecule has 7 heteroatoms. The fourth-order valence-electron chi connectivity index (χ4n) is 4.13. The van der Waals surface area contributed by atoms with Gasteiger partial charge in [-0.2, -0.15) is 10.1 Å². The Labute approximate surface area is 165 Å². The number of aromatic nitrogens is 3. The maximum Gasteiger partial charge on any atom is 0.226 e. The molecule has 2 aromatic carbocycles. The van der Waals surface area contributed by atoms with Crippen LogP contribution in [-0.4, -0.2) is 20.5 Å². The van der Waals surface area contributed by atoms with Crippen LogP contribution >= 0.6 is 11.6 Å². The number of benzene rings is 2. The zero-order chi connectivity index (χ0) is 19.3. The van der Waals surface area contributed by atoms with Gasteiger partial charge in [-0.25, -0.2) is 9.07 Å². The average Bonchev–Trinajstić information content (AvgIpc) is 3.15. The van der Waals surface area contributed by atoms with E-state index in [1.54, 1.807) is 16.8 Å². The van der Waals surface area contributed by atoms with Gasteiger partial charge in [0.2, 0.25) is 5.95 Å². The minimum atomic E-state index is -0.425. The van der Waals surface area contributed by atoms with Crippen LogP contribution in [0.1, 0.15) is 29.5 Å². The van der Waals surface area contributed by atoms with Gasteiger partial charge in [-0.15, -0.1) is 0 Å². The Balaban J connectivity index is 1.62. The summed E-state index contributed by atoms with van der Waals surface area (Å²) in [5, 5.41) is 8.17. The van der Waals surface area contributed by atoms with E-state index in [1.165, 1.54) is 18.5 Å². The van der Waals surface area contributed by atoms with Gasteiger partial charge in [0.05, 0.1) is 12.0 Å². The number of hydrogen-bond acceptors (Lipinski definition) is 4. The molecule has 0 spiro atoms. The van der Waals surface area contributed by atoms with Crippen LogP contribution in [0.3, 0.4) is 0 Å². The van der Waals surface area contributed by atoms with E-state index in [4.69, 9.17) is 11.6 Å². The summed E-state index contributed by atoms with van der Waals surface area (Å²) in [5.74, 6) is -0.177. The van der Waals surface area contributed by atoms with E-state index in [-0.39, 0.29) is 23.6 Å². The molecule has 1 aromatic heterocycles. The number of carbonyl (C=O) groups is 1. The Morgan fingerprint density at radius 2 is 1.93 bits per heavy atom. The number of fused-ring (bicyclic) bond motifs is 2. The molecule has 1 N–H and O–H groups in total. The van der Waals surface area contributed by atoms with Gasteiger partial charge >= 0.3 is 0 Å². The second-order valence-corrected chi connectivity index (χ2v) is 7.45. The lowest BCUT2D eigenvalue weighted by atomic mass is 9.75. The average molecular weight is 395 g/mol. The van der Waals surface area contributed by atoms with Crippen molar-refractivity contribution >= 4 is 23.3 Å². The largest absolute Gasteiger partial charge is 0.328 e. The van der Waals surface area contributed by atoms with Gasteiger partial charge in [0.25, 0.3) is 0 Å². The summed E-state index contributed by atoms with van der Waals surface area (Å²) in [7, 11) is 0. The number of halogens is 2. The Hall–Kier alpha value is -2.99. The van der Waals surface area contributed by atoms with Crippen LogP contribution in [-0.2, 0) is 4.79 Å². The van der Waals surface area contributed by atoms with Gasteiger partial charge in [0.1, 0.15) is 17.9 Å². The lowest BCUT2D eigenvalue weighted by molar-refractivity contribution is -0.123. The van der Waals surface area contributed by atoms with Crippen molar-refractivity contribution in [3.05, 3.63) is 88.6 Å². The van der Waals surface area contributed by atoms with Crippen LogP contribution in [0.5, 0.6) is 0 Å². The van der Waals surface area contributed by atoms with Crippen molar-refractivity contribution in [2.75, 3.05) is 5.32 Å². The topological polar surface area (TPSA) is 59.8 Å². The van der Waals surface area contributed by atoms with E-state index in [1.807, 2.05) is 30.3 Å². The predicted molar refractivity (Wildman–Crippen MR) is 104 cm³/mol. The molecule has 0 fully saturated rings. The monoisotopic (exact) mass is 394 g/mol. The van der Waals surface area contributed by atoms with Crippen molar-refractivity contribution in [3.8, 4) is 0 Å². The molecule has 28 heavy (non-hydrogen) atoms. The summed E-state index contributed by atoms with van der Waals surface area (Å²) in [4.78, 5) is 17.5. The minimum Gasteiger partial charge on any atom is -0.328 e. The Bertz CT molecular complexity index is 1090. The fourth-order valence-corrected chi connectivity index (χ4v) is 4.37. The summed E-state index contributed by atoms with van der Waals surface area (Å²) >= 11 is 6.46. The van der Waals surface area contributed by atoms with Crippen LogP contribution in [0.4, 0.5) is 10.3 Å². The first-order valence-corrected chi connectivity index (χ1v) is 9.40. The molecule has 0 amide bonds. The van der Waals surface area contributed by atoms with Gasteiger partial charge in [0, 0.05) is 23.1 Å². The van der Waals surface area contributed by atoms with Crippen LogP contribution in [0.25, 0.3) is 0 Å². The molecule has 0 saturated carbocycles. The second kappa shape index (κ2) is 6.56. The Morgan fingerprint density at radius 1 is 1.14 bits per heavy atom. The SMILES string of the molecule is O=C1C[C@H](c2ccc(F)cc2)C=C2Nc3ncnn3[C@H](c3ccccc3Cl)[C@@H]12. The summed E-state index contributed by atoms with van der Waals surface area (Å²) in [6, 6.07) is 13.4. The number of nitrogens with zero attached hydrogens (tertiary/aromatic N) is 3. The molecule has 140 valence electrons. The zero-order valence-corrected chi connectivity index (χ0v) is 15.5. The van der Waals surface area contributed by atoms with Crippen LogP contribution < -0.4 is 5.32 Å². The fraction of sp³-hybridized carbons (Fsp3) is 0.190. The molecular formula is C21H16ClFN4O. The molecule has 0 bridgehead atoms. The van der Waals surface area contributed by atoms with E-state index in [0.717, 1.165) is 16.8 Å². The van der Waals surface area contributed by atoms with Gasteiger partial charge < -0.3 is 5.32 Å². The molecule has 3 atom stereocenters. The molecule has 5 nitrogen and oxygen atoms in total. The maximum atomic E-state index is 13.3. The third-order valence-corrected chi connectivity index (χ3v) is 5.76. The third kappa shape index (κ3) is 2.72. The van der Waals surface area contributed by atoms with Crippen molar-refractivity contribution in [2.45, 2.75) is 18.4 Å². The van der Waals surface area contributed by atoms with Gasteiger partial charge in [0.15, 0.2) is 0 Å². The predicted octanol–water partition coefficient (Wildman–Crippen LogP) is 4.34. The molecule has 0 saturated heterocycles. The summed E-state index contributed by atoms with van der Waals surface area (Å²) < 4.78 is 15.0. The Morgan fingerprint density at radius 3 is 2.71 bits per heavy atom. The lowest BCUT2D eigenvalue weighted by Gasteiger charge is -2.38. The van der Waals surface area contributed by atoms with E-state index < -0.39 is 5.92 Å². The molecule has 1 aliphatic carbocycles. The van der Waals surface area contributed by atoms with Crippen molar-refractivity contribution in [3.63, 3.8) is 0 Å². The first-order chi connectivity index (χ1) is 13.6. The summed E-state index contributed by atoms with van der Waals surface area (Å²) in [5.41, 5.74) is 2.53. The zero-order valence-electron chi connectivity index (χ0n) is 14.7. The second-order valence-electron chi connectivity index (χ2n) is 7.05. The lowest BCUT2D eigenvalue weighted by Crippen LogP contribution is -2.40. The number of Topliss-reactive ketones (excluding diaryl/α,β-unsaturated/α-hetero) is 1. The molecule has 0 unspecified atom stereocenters. The third-order valence-electron chi connectivity index (χ3n) is 5.41. The Kier molecular flexibility index (Phi) is 4.02. The number of allylic oxidation sites excluding steroid dienone is 2. The minimum absolute atomic E-state index is 0.0883. The molecule has 0 radical (unpaired) electrons. The van der Waals surface area contributed by atoms with Crippen molar-refractivity contribution in [2.24, 2.45) is 5.92 Å². The highest BCUT2D eigenvalue weighted by atomic mass is 35.5. The van der Waals surface area contributed by atoms with Crippen LogP contribution in [0.2, 0.25) is 5.02 Å². The van der Waals surface area contributed by atoms with Crippen LogP contribution in [0.15, 0.2) is 66.6 Å². The van der Waals surface area contributed by atoms with Crippen molar-refractivity contribution in [1.29, 1.82) is 0 Å². The molecule has 2 heterocycles. The number of anilines is 1. The van der Waals surface area contributed by atoms with Crippen molar-refractivity contribution in [1.82, 2.24) is 14.8 Å². The van der Waals surface area contributed by atoms with Gasteiger partial charge in [-0.1, -0.05) is 48.0 Å². The van der Waals surface area contributed by atoms with E-state index >= 15 is 0 Å². The first kappa shape index (κ1) is 17.1. The van der Waals surface area contributed by atoms with Gasteiger partial charge in [-0.05, 0) is 29.3 Å². The number of rotatable bonds is 2. The summed E-state index contributed by atoms with van der Waals surface area (Å²) in [6.07, 6.45) is 3.85. The molecule has 1 aliphatic heterocycles. The highest BCUT2D eigenvalue weighted by molar-refractivity contribution is 6.31. The molecular weight excluding hydrogens is 379 g/mol. The summed E-state index contributed by atoms with van der Waals surface area (Å²) in [6.45, 7) is 0. The molecule has 2 aliphatic rings. The standard InChI is InChI=1S/C21H16ClFN4O/c22-16-4-2-1-3-15(16)20-19-17(26-21-24-11-25-27(20)21)9-13(10-18(19)28)12-5-7-14(23)8-6-12/h1-9,11,13,19-20H,10H2,(H,24,25,26)/t13-,19-,20-/m1/s1. The highest BCUT2D eigenvalue weighted by Gasteiger charge is 2.43. The normalized spacial score (nSPS) is 23.4. The number of carbonyl (C=O) groups excluding carboxylic acids is 1. The maximum absolute atomic E-state index is 13.3.